The summed E-state index contributed by atoms with van der Waals surface area (Å²) in [5.41, 5.74) is 1.66. The molecule has 1 aromatic rings. The van der Waals surface area contributed by atoms with Crippen LogP contribution in [0.15, 0.2) is 34.7 Å². The summed E-state index contributed by atoms with van der Waals surface area (Å²) >= 11 is 6.28. The van der Waals surface area contributed by atoms with Crippen molar-refractivity contribution >= 4 is 44.1 Å². The molecule has 1 unspecified atom stereocenters. The molecular formula is C16H18ClNO6S2. The number of hydrogen-bond acceptors (Lipinski definition) is 6. The third-order valence-electron chi connectivity index (χ3n) is 4.29. The molecule has 3 rings (SSSR count). The van der Waals surface area contributed by atoms with Crippen molar-refractivity contribution in [1.29, 1.82) is 0 Å². The molecule has 2 aliphatic rings. The number of nitrogens with zero attached hydrogens (tertiary/aromatic N) is 1. The smallest absolute Gasteiger partial charge is 0.408 e. The number of methoxy groups -OCH3 is 1. The van der Waals surface area contributed by atoms with E-state index in [1.807, 2.05) is 11.0 Å². The van der Waals surface area contributed by atoms with Gasteiger partial charge < -0.3 is 4.74 Å². The highest BCUT2D eigenvalue weighted by Crippen LogP contribution is 2.43. The molecule has 0 saturated heterocycles. The minimum absolute atomic E-state index is 0.405. The molecular weight excluding hydrogens is 402 g/mol. The fourth-order valence-corrected chi connectivity index (χ4v) is 6.01. The van der Waals surface area contributed by atoms with Crippen molar-refractivity contribution in [3.8, 4) is 0 Å². The average Bonchev–Trinajstić information content (AvgIpc) is 2.97. The minimum atomic E-state index is -4.51. The molecule has 0 radical (unpaired) electrons. The van der Waals surface area contributed by atoms with E-state index in [1.54, 1.807) is 23.6 Å². The van der Waals surface area contributed by atoms with Crippen molar-refractivity contribution in [3.63, 3.8) is 0 Å². The lowest BCUT2D eigenvalue weighted by Gasteiger charge is -2.34. The van der Waals surface area contributed by atoms with Gasteiger partial charge in [0.15, 0.2) is 0 Å². The van der Waals surface area contributed by atoms with Gasteiger partial charge in [0.25, 0.3) is 0 Å². The van der Waals surface area contributed by atoms with Crippen LogP contribution in [0, 0.1) is 0 Å². The van der Waals surface area contributed by atoms with Crippen LogP contribution in [0.3, 0.4) is 0 Å². The van der Waals surface area contributed by atoms with Gasteiger partial charge in [0, 0.05) is 23.0 Å². The Hall–Kier alpha value is -1.23. The standard InChI is InChI=1S/C16H18ClNO6S2/c1-23-16(19)15(12-4-2-3-5-13(12)17)18-8-6-14-11(10-18)7-9-25(14)24-26(20,21)22/h2-5,9,15H,6-8,10H2,1H3,(H,20,21,22)/t15-,25?/m0/s1. The predicted octanol–water partition coefficient (Wildman–Crippen LogP) is 2.72. The molecule has 2 atom stereocenters. The Morgan fingerprint density at radius 1 is 1.38 bits per heavy atom. The van der Waals surface area contributed by atoms with Crippen molar-refractivity contribution in [1.82, 2.24) is 4.90 Å². The molecule has 2 heterocycles. The third-order valence-corrected chi connectivity index (χ3v) is 7.35. The predicted molar refractivity (Wildman–Crippen MR) is 100 cm³/mol. The first kappa shape index (κ1) is 19.5. The topological polar surface area (TPSA) is 93.1 Å². The quantitative estimate of drug-likeness (QED) is 0.445. The first-order chi connectivity index (χ1) is 12.3. The van der Waals surface area contributed by atoms with Gasteiger partial charge in [-0.3, -0.25) is 9.45 Å². The zero-order chi connectivity index (χ0) is 18.9. The Morgan fingerprint density at radius 2 is 2.12 bits per heavy atom. The molecule has 7 nitrogen and oxygen atoms in total. The van der Waals surface area contributed by atoms with Gasteiger partial charge in [-0.2, -0.15) is 12.0 Å². The van der Waals surface area contributed by atoms with E-state index in [0.29, 0.717) is 36.5 Å². The first-order valence-corrected chi connectivity index (χ1v) is 10.8. The molecule has 0 fully saturated rings. The van der Waals surface area contributed by atoms with Crippen LogP contribution < -0.4 is 0 Å². The monoisotopic (exact) mass is 419 g/mol. The number of halogens is 1. The second-order valence-electron chi connectivity index (χ2n) is 5.86. The van der Waals surface area contributed by atoms with Gasteiger partial charge in [-0.1, -0.05) is 29.8 Å². The maximum Gasteiger partial charge on any atom is 0.408 e. The molecule has 1 N–H and O–H groups in total. The van der Waals surface area contributed by atoms with Gasteiger partial charge >= 0.3 is 16.4 Å². The fraction of sp³-hybridized carbons (Fsp3) is 0.375. The summed E-state index contributed by atoms with van der Waals surface area (Å²) in [5.74, 6) is -0.405. The highest BCUT2D eigenvalue weighted by atomic mass is 35.5. The summed E-state index contributed by atoms with van der Waals surface area (Å²) in [6.07, 6.45) is 1.07. The summed E-state index contributed by atoms with van der Waals surface area (Å²) in [5, 5.41) is 2.21. The van der Waals surface area contributed by atoms with Crippen LogP contribution in [-0.2, 0) is 23.6 Å². The van der Waals surface area contributed by atoms with Crippen molar-refractivity contribution in [2.24, 2.45) is 0 Å². The normalized spacial score (nSPS) is 21.9. The molecule has 0 amide bonds. The number of hydrogen-bond donors (Lipinski definition) is 1. The lowest BCUT2D eigenvalue weighted by atomic mass is 10.0. The number of rotatable bonds is 5. The molecule has 142 valence electrons. The number of esters is 1. The van der Waals surface area contributed by atoms with Crippen molar-refractivity contribution in [2.45, 2.75) is 18.9 Å². The highest BCUT2D eigenvalue weighted by molar-refractivity contribution is 8.18. The second-order valence-corrected chi connectivity index (χ2v) is 9.09. The third kappa shape index (κ3) is 4.19. The van der Waals surface area contributed by atoms with E-state index < -0.39 is 33.2 Å². The van der Waals surface area contributed by atoms with Gasteiger partial charge in [-0.25, -0.2) is 4.79 Å². The van der Waals surface area contributed by atoms with Crippen LogP contribution in [0.4, 0.5) is 0 Å². The van der Waals surface area contributed by atoms with E-state index in [4.69, 9.17) is 24.5 Å². The largest absolute Gasteiger partial charge is 0.468 e. The summed E-state index contributed by atoms with van der Waals surface area (Å²) < 4.78 is 40.6. The van der Waals surface area contributed by atoms with E-state index in [9.17, 15) is 13.2 Å². The number of carbonyl (C=O) groups excluding carboxylic acids is 1. The van der Waals surface area contributed by atoms with Gasteiger partial charge in [0.05, 0.1) is 7.11 Å². The zero-order valence-electron chi connectivity index (χ0n) is 13.9. The van der Waals surface area contributed by atoms with E-state index in [0.717, 1.165) is 10.5 Å². The van der Waals surface area contributed by atoms with Gasteiger partial charge in [0.2, 0.25) is 0 Å². The Balaban J connectivity index is 1.86. The van der Waals surface area contributed by atoms with Crippen LogP contribution in [0.1, 0.15) is 24.4 Å². The van der Waals surface area contributed by atoms with Crippen LogP contribution in [0.2, 0.25) is 5.02 Å². The number of benzene rings is 1. The molecule has 0 aliphatic carbocycles. The average molecular weight is 420 g/mol. The number of carbonyl (C=O) groups is 1. The maximum atomic E-state index is 12.4. The summed E-state index contributed by atoms with van der Waals surface area (Å²) in [6, 6.07) is 6.48. The lowest BCUT2D eigenvalue weighted by molar-refractivity contribution is -0.147. The summed E-state index contributed by atoms with van der Waals surface area (Å²) in [4.78, 5) is 15.2. The molecule has 2 aliphatic heterocycles. The summed E-state index contributed by atoms with van der Waals surface area (Å²) in [6.45, 7) is 0.977. The zero-order valence-corrected chi connectivity index (χ0v) is 16.3. The van der Waals surface area contributed by atoms with Gasteiger partial charge in [0.1, 0.15) is 6.04 Å². The Morgan fingerprint density at radius 3 is 2.77 bits per heavy atom. The van der Waals surface area contributed by atoms with Crippen LogP contribution >= 0.6 is 22.4 Å². The molecule has 0 saturated carbocycles. The fourth-order valence-electron chi connectivity index (χ4n) is 3.20. The second kappa shape index (κ2) is 7.79. The van der Waals surface area contributed by atoms with Crippen LogP contribution in [-0.4, -0.2) is 49.4 Å². The first-order valence-electron chi connectivity index (χ1n) is 7.81. The van der Waals surface area contributed by atoms with Gasteiger partial charge in [-0.15, -0.1) is 0 Å². The Kier molecular flexibility index (Phi) is 5.85. The Labute approximate surface area is 159 Å². The maximum absolute atomic E-state index is 12.4. The molecule has 1 aromatic carbocycles. The van der Waals surface area contributed by atoms with E-state index in [2.05, 4.69) is 0 Å². The van der Waals surface area contributed by atoms with Crippen LogP contribution in [0.5, 0.6) is 0 Å². The van der Waals surface area contributed by atoms with Crippen molar-refractivity contribution in [2.75, 3.05) is 20.2 Å². The van der Waals surface area contributed by atoms with Crippen molar-refractivity contribution in [3.05, 3.63) is 45.3 Å². The summed E-state index contributed by atoms with van der Waals surface area (Å²) in [7, 11) is -4.23. The molecule has 26 heavy (non-hydrogen) atoms. The number of ether oxygens (including phenoxy) is 1. The SMILES string of the molecule is COC(=O)[C@H](c1ccccc1Cl)N1CCC2=C(CC=S2OS(=O)(=O)O)C1. The Bertz CT molecular complexity index is 896. The molecule has 0 aromatic heterocycles. The van der Waals surface area contributed by atoms with Gasteiger partial charge in [-0.05, 0) is 46.2 Å². The minimum Gasteiger partial charge on any atom is -0.468 e. The molecule has 10 heteroatoms. The lowest BCUT2D eigenvalue weighted by Crippen LogP contribution is -2.39. The van der Waals surface area contributed by atoms with E-state index in [-0.39, 0.29) is 0 Å². The van der Waals surface area contributed by atoms with E-state index in [1.165, 1.54) is 7.11 Å². The van der Waals surface area contributed by atoms with Crippen LogP contribution in [0.25, 0.3) is 0 Å². The van der Waals surface area contributed by atoms with Crippen molar-refractivity contribution < 1.29 is 26.1 Å². The molecule has 0 spiro atoms. The molecule has 0 bridgehead atoms. The highest BCUT2D eigenvalue weighted by Gasteiger charge is 2.35. The van der Waals surface area contributed by atoms with E-state index >= 15 is 0 Å².